The highest BCUT2D eigenvalue weighted by molar-refractivity contribution is 5.60. The predicted octanol–water partition coefficient (Wildman–Crippen LogP) is 3.18. The van der Waals surface area contributed by atoms with Crippen LogP contribution in [0.5, 0.6) is 5.75 Å². The summed E-state index contributed by atoms with van der Waals surface area (Å²) in [6.07, 6.45) is 8.99. The van der Waals surface area contributed by atoms with Crippen molar-refractivity contribution >= 4 is 5.82 Å². The van der Waals surface area contributed by atoms with E-state index in [1.165, 1.54) is 5.56 Å². The van der Waals surface area contributed by atoms with Crippen molar-refractivity contribution in [1.29, 1.82) is 0 Å². The van der Waals surface area contributed by atoms with Gasteiger partial charge in [-0.3, -0.25) is 4.98 Å². The van der Waals surface area contributed by atoms with Crippen LogP contribution in [0.15, 0.2) is 37.1 Å². The molecule has 0 unspecified atom stereocenters. The van der Waals surface area contributed by atoms with Gasteiger partial charge in [0.1, 0.15) is 23.7 Å². The number of fused-ring (bicyclic) bond motifs is 1. The summed E-state index contributed by atoms with van der Waals surface area (Å²) in [6.45, 7) is 5.54. The molecule has 0 saturated heterocycles. The average molecular weight is 362 g/mol. The van der Waals surface area contributed by atoms with Gasteiger partial charge in [-0.15, -0.1) is 0 Å². The fourth-order valence-electron chi connectivity index (χ4n) is 3.16. The number of rotatable bonds is 5. The van der Waals surface area contributed by atoms with Gasteiger partial charge < -0.3 is 10.1 Å². The van der Waals surface area contributed by atoms with Crippen LogP contribution in [0, 0.1) is 6.92 Å². The van der Waals surface area contributed by atoms with E-state index in [1.807, 2.05) is 25.3 Å². The Labute approximate surface area is 158 Å². The first-order valence-corrected chi connectivity index (χ1v) is 9.16. The Morgan fingerprint density at radius 1 is 1.15 bits per heavy atom. The first kappa shape index (κ1) is 17.3. The molecule has 1 aliphatic heterocycles. The third kappa shape index (κ3) is 3.86. The van der Waals surface area contributed by atoms with Gasteiger partial charge in [-0.25, -0.2) is 19.9 Å². The lowest BCUT2D eigenvalue weighted by atomic mass is 9.98. The standard InChI is InChI=1S/C20H22N6O/c1-13(16-5-6-21-17-4-3-7-27-20(16)17)9-24-19-8-18(25-12-26-19)15-10-22-14(2)23-11-15/h5-6,8,10-13H,3-4,7,9H2,1-2H3,(H,24,25,26)/t13-/m1/s1. The summed E-state index contributed by atoms with van der Waals surface area (Å²) >= 11 is 0. The molecule has 1 aliphatic rings. The Morgan fingerprint density at radius 2 is 2.00 bits per heavy atom. The van der Waals surface area contributed by atoms with Crippen LogP contribution in [0.4, 0.5) is 5.82 Å². The molecule has 7 heteroatoms. The summed E-state index contributed by atoms with van der Waals surface area (Å²) in [6, 6.07) is 3.96. The molecule has 4 heterocycles. The van der Waals surface area contributed by atoms with Crippen molar-refractivity contribution in [2.24, 2.45) is 0 Å². The summed E-state index contributed by atoms with van der Waals surface area (Å²) in [5.41, 5.74) is 3.92. The molecule has 3 aromatic rings. The molecular weight excluding hydrogens is 340 g/mol. The Kier molecular flexibility index (Phi) is 4.91. The maximum absolute atomic E-state index is 5.88. The SMILES string of the molecule is Cc1ncc(-c2cc(NC[C@@H](C)c3ccnc4c3OCCC4)ncn2)cn1. The number of nitrogens with one attached hydrogen (secondary N) is 1. The van der Waals surface area contributed by atoms with Crippen LogP contribution in [0.1, 0.15) is 36.3 Å². The highest BCUT2D eigenvalue weighted by Gasteiger charge is 2.19. The van der Waals surface area contributed by atoms with E-state index in [4.69, 9.17) is 4.74 Å². The fourth-order valence-corrected chi connectivity index (χ4v) is 3.16. The quantitative estimate of drug-likeness (QED) is 0.746. The summed E-state index contributed by atoms with van der Waals surface area (Å²) in [7, 11) is 0. The van der Waals surface area contributed by atoms with E-state index in [2.05, 4.69) is 37.2 Å². The number of aromatic nitrogens is 5. The minimum Gasteiger partial charge on any atom is -0.491 e. The van der Waals surface area contributed by atoms with Gasteiger partial charge in [-0.1, -0.05) is 6.92 Å². The van der Waals surface area contributed by atoms with Gasteiger partial charge in [0.2, 0.25) is 0 Å². The molecule has 0 radical (unpaired) electrons. The van der Waals surface area contributed by atoms with Gasteiger partial charge >= 0.3 is 0 Å². The monoisotopic (exact) mass is 362 g/mol. The van der Waals surface area contributed by atoms with Crippen LogP contribution >= 0.6 is 0 Å². The summed E-state index contributed by atoms with van der Waals surface area (Å²) < 4.78 is 5.88. The molecule has 138 valence electrons. The second-order valence-electron chi connectivity index (χ2n) is 6.72. The lowest BCUT2D eigenvalue weighted by molar-refractivity contribution is 0.280. The number of pyridine rings is 1. The maximum Gasteiger partial charge on any atom is 0.144 e. The summed E-state index contributed by atoms with van der Waals surface area (Å²) in [5.74, 6) is 2.73. The Hall–Kier alpha value is -3.09. The lowest BCUT2D eigenvalue weighted by Gasteiger charge is -2.22. The van der Waals surface area contributed by atoms with Crippen molar-refractivity contribution in [2.45, 2.75) is 32.6 Å². The number of nitrogens with zero attached hydrogens (tertiary/aromatic N) is 5. The second-order valence-corrected chi connectivity index (χ2v) is 6.72. The van der Waals surface area contributed by atoms with Crippen LogP contribution in [0.25, 0.3) is 11.3 Å². The first-order valence-electron chi connectivity index (χ1n) is 9.16. The largest absolute Gasteiger partial charge is 0.491 e. The van der Waals surface area contributed by atoms with Gasteiger partial charge in [0.25, 0.3) is 0 Å². The molecule has 0 aromatic carbocycles. The Morgan fingerprint density at radius 3 is 2.85 bits per heavy atom. The van der Waals surface area contributed by atoms with Crippen molar-refractivity contribution in [1.82, 2.24) is 24.9 Å². The van der Waals surface area contributed by atoms with E-state index >= 15 is 0 Å². The molecule has 3 aromatic heterocycles. The van der Waals surface area contributed by atoms with Crippen LogP contribution in [0.3, 0.4) is 0 Å². The molecule has 27 heavy (non-hydrogen) atoms. The third-order valence-corrected chi connectivity index (χ3v) is 4.68. The first-order chi connectivity index (χ1) is 13.2. The zero-order chi connectivity index (χ0) is 18.6. The molecule has 0 amide bonds. The number of anilines is 1. The van der Waals surface area contributed by atoms with E-state index in [1.54, 1.807) is 18.7 Å². The zero-order valence-corrected chi connectivity index (χ0v) is 15.5. The van der Waals surface area contributed by atoms with E-state index in [0.29, 0.717) is 0 Å². The molecule has 1 N–H and O–H groups in total. The smallest absolute Gasteiger partial charge is 0.144 e. The topological polar surface area (TPSA) is 85.7 Å². The minimum absolute atomic E-state index is 0.265. The molecule has 0 spiro atoms. The van der Waals surface area contributed by atoms with Crippen LogP contribution in [-0.4, -0.2) is 38.1 Å². The van der Waals surface area contributed by atoms with Crippen molar-refractivity contribution in [3.8, 4) is 17.0 Å². The van der Waals surface area contributed by atoms with Gasteiger partial charge in [-0.05, 0) is 25.8 Å². The molecule has 1 atom stereocenters. The Bertz CT molecular complexity index is 928. The average Bonchev–Trinajstić information content (AvgIpc) is 2.72. The summed E-state index contributed by atoms with van der Waals surface area (Å²) in [5, 5.41) is 3.40. The number of hydrogen-bond donors (Lipinski definition) is 1. The van der Waals surface area contributed by atoms with Crippen molar-refractivity contribution in [3.63, 3.8) is 0 Å². The van der Waals surface area contributed by atoms with E-state index in [0.717, 1.165) is 60.3 Å². The van der Waals surface area contributed by atoms with Crippen LogP contribution in [-0.2, 0) is 6.42 Å². The molecule has 0 bridgehead atoms. The number of ether oxygens (including phenoxy) is 1. The van der Waals surface area contributed by atoms with Crippen molar-refractivity contribution < 1.29 is 4.74 Å². The fraction of sp³-hybridized carbons (Fsp3) is 0.350. The minimum atomic E-state index is 0.265. The number of aryl methyl sites for hydroxylation is 2. The van der Waals surface area contributed by atoms with E-state index in [9.17, 15) is 0 Å². The number of hydrogen-bond acceptors (Lipinski definition) is 7. The van der Waals surface area contributed by atoms with Crippen LogP contribution < -0.4 is 10.1 Å². The molecule has 7 nitrogen and oxygen atoms in total. The molecule has 0 aliphatic carbocycles. The zero-order valence-electron chi connectivity index (χ0n) is 15.5. The van der Waals surface area contributed by atoms with E-state index in [-0.39, 0.29) is 5.92 Å². The predicted molar refractivity (Wildman–Crippen MR) is 103 cm³/mol. The van der Waals surface area contributed by atoms with Crippen LogP contribution in [0.2, 0.25) is 0 Å². The second kappa shape index (κ2) is 7.65. The molecule has 0 fully saturated rings. The van der Waals surface area contributed by atoms with Crippen molar-refractivity contribution in [2.75, 3.05) is 18.5 Å². The third-order valence-electron chi connectivity index (χ3n) is 4.68. The van der Waals surface area contributed by atoms with Gasteiger partial charge in [0, 0.05) is 48.2 Å². The van der Waals surface area contributed by atoms with E-state index < -0.39 is 0 Å². The van der Waals surface area contributed by atoms with Gasteiger partial charge in [-0.2, -0.15) is 0 Å². The highest BCUT2D eigenvalue weighted by atomic mass is 16.5. The van der Waals surface area contributed by atoms with Crippen molar-refractivity contribution in [3.05, 3.63) is 54.1 Å². The van der Waals surface area contributed by atoms with Gasteiger partial charge in [0.15, 0.2) is 0 Å². The highest BCUT2D eigenvalue weighted by Crippen LogP contribution is 2.32. The lowest BCUT2D eigenvalue weighted by Crippen LogP contribution is -2.16. The molecular formula is C20H22N6O. The molecule has 4 rings (SSSR count). The molecule has 0 saturated carbocycles. The van der Waals surface area contributed by atoms with Gasteiger partial charge in [0.05, 0.1) is 18.0 Å². The maximum atomic E-state index is 5.88. The Balaban J connectivity index is 1.48. The summed E-state index contributed by atoms with van der Waals surface area (Å²) in [4.78, 5) is 21.6. The normalized spacial score (nSPS) is 14.1.